The van der Waals surface area contributed by atoms with Crippen LogP contribution in [0.1, 0.15) is 16.0 Å². The Morgan fingerprint density at radius 1 is 1.12 bits per heavy atom. The molecule has 4 heteroatoms. The van der Waals surface area contributed by atoms with Crippen molar-refractivity contribution in [2.24, 2.45) is 0 Å². The molecule has 0 amide bonds. The van der Waals surface area contributed by atoms with Crippen molar-refractivity contribution in [2.45, 2.75) is 11.2 Å². The van der Waals surface area contributed by atoms with Gasteiger partial charge in [-0.3, -0.25) is 4.98 Å². The van der Waals surface area contributed by atoms with Crippen LogP contribution >= 0.6 is 15.9 Å². The SMILES string of the molecule is Fc1cccc(C(Br)Cc2ccncc2)c1F. The van der Waals surface area contributed by atoms with E-state index >= 15 is 0 Å². The summed E-state index contributed by atoms with van der Waals surface area (Å²) in [4.78, 5) is 3.66. The summed E-state index contributed by atoms with van der Waals surface area (Å²) in [6, 6.07) is 7.91. The third kappa shape index (κ3) is 2.88. The van der Waals surface area contributed by atoms with E-state index in [2.05, 4.69) is 20.9 Å². The zero-order valence-electron chi connectivity index (χ0n) is 8.91. The molecule has 1 nitrogen and oxygen atoms in total. The molecule has 0 saturated carbocycles. The minimum Gasteiger partial charge on any atom is -0.265 e. The number of aromatic nitrogens is 1. The second-order valence-corrected chi connectivity index (χ2v) is 4.78. The molecule has 17 heavy (non-hydrogen) atoms. The topological polar surface area (TPSA) is 12.9 Å². The van der Waals surface area contributed by atoms with E-state index in [0.717, 1.165) is 11.6 Å². The van der Waals surface area contributed by atoms with Gasteiger partial charge in [-0.15, -0.1) is 0 Å². The maximum absolute atomic E-state index is 13.5. The Morgan fingerprint density at radius 2 is 1.82 bits per heavy atom. The monoisotopic (exact) mass is 297 g/mol. The molecule has 1 heterocycles. The summed E-state index contributed by atoms with van der Waals surface area (Å²) in [6.45, 7) is 0. The first-order chi connectivity index (χ1) is 8.18. The highest BCUT2D eigenvalue weighted by molar-refractivity contribution is 9.09. The molecule has 0 aliphatic carbocycles. The highest BCUT2D eigenvalue weighted by atomic mass is 79.9. The Morgan fingerprint density at radius 3 is 2.53 bits per heavy atom. The Balaban J connectivity index is 2.20. The van der Waals surface area contributed by atoms with Gasteiger partial charge in [0.15, 0.2) is 11.6 Å². The third-order valence-electron chi connectivity index (χ3n) is 2.48. The predicted octanol–water partition coefficient (Wildman–Crippen LogP) is 4.04. The van der Waals surface area contributed by atoms with Gasteiger partial charge in [-0.25, -0.2) is 8.78 Å². The summed E-state index contributed by atoms with van der Waals surface area (Å²) in [5.74, 6) is -1.61. The number of pyridine rings is 1. The van der Waals surface area contributed by atoms with Crippen molar-refractivity contribution in [1.82, 2.24) is 4.98 Å². The molecule has 0 saturated heterocycles. The molecule has 0 aliphatic rings. The van der Waals surface area contributed by atoms with Crippen LogP contribution in [0, 0.1) is 11.6 Å². The molecule has 0 N–H and O–H groups in total. The van der Waals surface area contributed by atoms with Gasteiger partial charge in [-0.05, 0) is 30.2 Å². The Hall–Kier alpha value is -1.29. The highest BCUT2D eigenvalue weighted by Crippen LogP contribution is 2.29. The number of hydrogen-bond donors (Lipinski definition) is 0. The average molecular weight is 298 g/mol. The minimum atomic E-state index is -0.818. The van der Waals surface area contributed by atoms with E-state index in [4.69, 9.17) is 0 Å². The summed E-state index contributed by atoms with van der Waals surface area (Å²) in [6.07, 6.45) is 3.94. The normalized spacial score (nSPS) is 12.4. The molecule has 1 aromatic carbocycles. The highest BCUT2D eigenvalue weighted by Gasteiger charge is 2.15. The maximum Gasteiger partial charge on any atom is 0.163 e. The van der Waals surface area contributed by atoms with Gasteiger partial charge in [0, 0.05) is 22.8 Å². The van der Waals surface area contributed by atoms with E-state index in [1.54, 1.807) is 18.5 Å². The van der Waals surface area contributed by atoms with Crippen LogP contribution in [0.25, 0.3) is 0 Å². The van der Waals surface area contributed by atoms with Crippen LogP contribution in [0.4, 0.5) is 8.78 Å². The first-order valence-corrected chi connectivity index (χ1v) is 6.07. The summed E-state index contributed by atoms with van der Waals surface area (Å²) >= 11 is 3.38. The summed E-state index contributed by atoms with van der Waals surface area (Å²) in [5.41, 5.74) is 1.35. The van der Waals surface area contributed by atoms with Crippen LogP contribution in [-0.4, -0.2) is 4.98 Å². The number of benzene rings is 1. The van der Waals surface area contributed by atoms with Crippen LogP contribution in [0.15, 0.2) is 42.7 Å². The van der Waals surface area contributed by atoms with E-state index in [0.29, 0.717) is 12.0 Å². The smallest absolute Gasteiger partial charge is 0.163 e. The molecule has 88 valence electrons. The molecule has 1 atom stereocenters. The van der Waals surface area contributed by atoms with Crippen LogP contribution in [0.3, 0.4) is 0 Å². The van der Waals surface area contributed by atoms with Crippen molar-refractivity contribution in [1.29, 1.82) is 0 Å². The number of alkyl halides is 1. The van der Waals surface area contributed by atoms with Crippen LogP contribution < -0.4 is 0 Å². The molecule has 0 fully saturated rings. The number of hydrogen-bond acceptors (Lipinski definition) is 1. The molecule has 0 spiro atoms. The fourth-order valence-electron chi connectivity index (χ4n) is 1.60. The lowest BCUT2D eigenvalue weighted by molar-refractivity contribution is 0.498. The van der Waals surface area contributed by atoms with Gasteiger partial charge in [-0.2, -0.15) is 0 Å². The lowest BCUT2D eigenvalue weighted by Gasteiger charge is -2.11. The van der Waals surface area contributed by atoms with Gasteiger partial charge in [0.1, 0.15) is 0 Å². The van der Waals surface area contributed by atoms with Crippen molar-refractivity contribution in [3.8, 4) is 0 Å². The molecule has 0 bridgehead atoms. The standard InChI is InChI=1S/C13H10BrF2N/c14-11(8-9-4-6-17-7-5-9)10-2-1-3-12(15)13(10)16/h1-7,11H,8H2. The van der Waals surface area contributed by atoms with Gasteiger partial charge in [0.2, 0.25) is 0 Å². The molecular formula is C13H10BrF2N. The first kappa shape index (κ1) is 12.2. The second kappa shape index (κ2) is 5.36. The quantitative estimate of drug-likeness (QED) is 0.779. The fraction of sp³-hybridized carbons (Fsp3) is 0.154. The van der Waals surface area contributed by atoms with E-state index in [1.807, 2.05) is 12.1 Å². The van der Waals surface area contributed by atoms with Crippen LogP contribution in [0.2, 0.25) is 0 Å². The Kier molecular flexibility index (Phi) is 3.84. The zero-order valence-corrected chi connectivity index (χ0v) is 10.5. The van der Waals surface area contributed by atoms with E-state index in [9.17, 15) is 8.78 Å². The van der Waals surface area contributed by atoms with Crippen molar-refractivity contribution in [3.63, 3.8) is 0 Å². The predicted molar refractivity (Wildman–Crippen MR) is 66.0 cm³/mol. The number of nitrogens with zero attached hydrogens (tertiary/aromatic N) is 1. The van der Waals surface area contributed by atoms with Gasteiger partial charge < -0.3 is 0 Å². The van der Waals surface area contributed by atoms with Crippen molar-refractivity contribution in [2.75, 3.05) is 0 Å². The molecule has 1 aromatic heterocycles. The van der Waals surface area contributed by atoms with Gasteiger partial charge in [0.25, 0.3) is 0 Å². The lowest BCUT2D eigenvalue weighted by atomic mass is 10.0. The van der Waals surface area contributed by atoms with Crippen LogP contribution in [0.5, 0.6) is 0 Å². The number of rotatable bonds is 3. The van der Waals surface area contributed by atoms with Crippen molar-refractivity contribution < 1.29 is 8.78 Å². The van der Waals surface area contributed by atoms with Crippen molar-refractivity contribution >= 4 is 15.9 Å². The largest absolute Gasteiger partial charge is 0.265 e. The maximum atomic E-state index is 13.5. The molecule has 2 aromatic rings. The molecule has 0 radical (unpaired) electrons. The number of halogens is 3. The minimum absolute atomic E-state index is 0.249. The van der Waals surface area contributed by atoms with Gasteiger partial charge in [-0.1, -0.05) is 28.1 Å². The van der Waals surface area contributed by atoms with E-state index < -0.39 is 11.6 Å². The third-order valence-corrected chi connectivity index (χ3v) is 3.30. The van der Waals surface area contributed by atoms with Gasteiger partial charge >= 0.3 is 0 Å². The average Bonchev–Trinajstić information content (AvgIpc) is 2.34. The van der Waals surface area contributed by atoms with E-state index in [1.165, 1.54) is 6.07 Å². The summed E-state index contributed by atoms with van der Waals surface area (Å²) in [7, 11) is 0. The Bertz CT molecular complexity index is 502. The second-order valence-electron chi connectivity index (χ2n) is 3.67. The van der Waals surface area contributed by atoms with Crippen LogP contribution in [-0.2, 0) is 6.42 Å². The molecule has 0 aliphatic heterocycles. The summed E-state index contributed by atoms with van der Waals surface area (Å²) < 4.78 is 26.6. The fourth-order valence-corrected chi connectivity index (χ4v) is 2.33. The van der Waals surface area contributed by atoms with Gasteiger partial charge in [0.05, 0.1) is 0 Å². The zero-order chi connectivity index (χ0) is 12.3. The lowest BCUT2D eigenvalue weighted by Crippen LogP contribution is -2.00. The van der Waals surface area contributed by atoms with E-state index in [-0.39, 0.29) is 4.83 Å². The molecule has 1 unspecified atom stereocenters. The molecular weight excluding hydrogens is 288 g/mol. The Labute approximate surface area is 107 Å². The van der Waals surface area contributed by atoms with Crippen molar-refractivity contribution in [3.05, 3.63) is 65.5 Å². The summed E-state index contributed by atoms with van der Waals surface area (Å²) in [5, 5.41) is 0. The molecule has 2 rings (SSSR count). The first-order valence-electron chi connectivity index (χ1n) is 5.15.